The van der Waals surface area contributed by atoms with Crippen LogP contribution in [0.3, 0.4) is 0 Å². The number of aryl methyl sites for hydroxylation is 2. The Balaban J connectivity index is 2.15. The molecule has 1 aliphatic heterocycles. The minimum absolute atomic E-state index is 0.304. The molecule has 2 heterocycles. The zero-order valence-electron chi connectivity index (χ0n) is 14.1. The second kappa shape index (κ2) is 7.48. The predicted octanol–water partition coefficient (Wildman–Crippen LogP) is 2.14. The highest BCUT2D eigenvalue weighted by molar-refractivity contribution is 5.84. The van der Waals surface area contributed by atoms with Crippen LogP contribution in [0.4, 0.5) is 4.79 Å². The molecule has 0 bridgehead atoms. The Labute approximate surface area is 136 Å². The summed E-state index contributed by atoms with van der Waals surface area (Å²) >= 11 is 0. The fraction of sp³-hybridized carbons (Fsp3) is 0.688. The first-order valence-corrected chi connectivity index (χ1v) is 8.20. The number of carbonyl (C=O) groups is 2. The number of carboxylic acids is 1. The molecule has 1 unspecified atom stereocenters. The number of likely N-dealkylation sites (tertiary alicyclic amines) is 1. The van der Waals surface area contributed by atoms with E-state index in [2.05, 4.69) is 10.4 Å². The molecule has 0 radical (unpaired) electrons. The Bertz CT molecular complexity index is 574. The van der Waals surface area contributed by atoms with Gasteiger partial charge in [-0.15, -0.1) is 0 Å². The molecule has 7 nitrogen and oxygen atoms in total. The molecule has 1 aromatic rings. The molecule has 0 aliphatic carbocycles. The SMILES string of the molecule is Cc1nn(C)c(C)c1C(NC(=O)N1CCCCCCC1)C(=O)O. The van der Waals surface area contributed by atoms with Crippen LogP contribution < -0.4 is 5.32 Å². The third kappa shape index (κ3) is 4.03. The normalized spacial score (nSPS) is 17.3. The van der Waals surface area contributed by atoms with E-state index in [9.17, 15) is 14.7 Å². The van der Waals surface area contributed by atoms with Gasteiger partial charge in [-0.1, -0.05) is 19.3 Å². The number of carboxylic acid groups (broad SMARTS) is 1. The second-order valence-corrected chi connectivity index (χ2v) is 6.18. The summed E-state index contributed by atoms with van der Waals surface area (Å²) in [6.45, 7) is 4.94. The van der Waals surface area contributed by atoms with Crippen molar-refractivity contribution in [3.05, 3.63) is 17.0 Å². The summed E-state index contributed by atoms with van der Waals surface area (Å²) in [7, 11) is 1.77. The number of carbonyl (C=O) groups excluding carboxylic acids is 1. The molecule has 1 saturated heterocycles. The van der Waals surface area contributed by atoms with E-state index < -0.39 is 12.0 Å². The van der Waals surface area contributed by atoms with Crippen molar-refractivity contribution in [1.29, 1.82) is 0 Å². The van der Waals surface area contributed by atoms with Gasteiger partial charge in [0.05, 0.1) is 5.69 Å². The van der Waals surface area contributed by atoms with Crippen LogP contribution in [0, 0.1) is 13.8 Å². The van der Waals surface area contributed by atoms with Gasteiger partial charge in [0, 0.05) is 31.4 Å². The first-order chi connectivity index (χ1) is 10.9. The van der Waals surface area contributed by atoms with E-state index in [1.165, 1.54) is 6.42 Å². The first-order valence-electron chi connectivity index (χ1n) is 8.20. The van der Waals surface area contributed by atoms with Crippen LogP contribution in [0.15, 0.2) is 0 Å². The molecular weight excluding hydrogens is 296 g/mol. The first kappa shape index (κ1) is 17.3. The van der Waals surface area contributed by atoms with Crippen LogP contribution in [-0.2, 0) is 11.8 Å². The van der Waals surface area contributed by atoms with Crippen molar-refractivity contribution < 1.29 is 14.7 Å². The summed E-state index contributed by atoms with van der Waals surface area (Å²) < 4.78 is 1.64. The number of amides is 2. The van der Waals surface area contributed by atoms with E-state index in [-0.39, 0.29) is 6.03 Å². The number of rotatable bonds is 3. The minimum Gasteiger partial charge on any atom is -0.479 e. The third-order valence-corrected chi connectivity index (χ3v) is 4.51. The summed E-state index contributed by atoms with van der Waals surface area (Å²) in [6.07, 6.45) is 5.38. The highest BCUT2D eigenvalue weighted by Gasteiger charge is 2.29. The number of hydrogen-bond donors (Lipinski definition) is 2. The fourth-order valence-electron chi connectivity index (χ4n) is 3.13. The van der Waals surface area contributed by atoms with Crippen LogP contribution >= 0.6 is 0 Å². The summed E-state index contributed by atoms with van der Waals surface area (Å²) in [4.78, 5) is 25.9. The third-order valence-electron chi connectivity index (χ3n) is 4.51. The van der Waals surface area contributed by atoms with Crippen molar-refractivity contribution >= 4 is 12.0 Å². The quantitative estimate of drug-likeness (QED) is 0.892. The van der Waals surface area contributed by atoms with Crippen molar-refractivity contribution in [2.75, 3.05) is 13.1 Å². The highest BCUT2D eigenvalue weighted by Crippen LogP contribution is 2.22. The van der Waals surface area contributed by atoms with Crippen LogP contribution in [0.2, 0.25) is 0 Å². The number of aliphatic carboxylic acids is 1. The van der Waals surface area contributed by atoms with E-state index in [0.29, 0.717) is 24.3 Å². The zero-order chi connectivity index (χ0) is 17.0. The van der Waals surface area contributed by atoms with E-state index in [0.717, 1.165) is 31.4 Å². The molecular formula is C16H26N4O3. The molecule has 1 aromatic heterocycles. The van der Waals surface area contributed by atoms with Crippen LogP contribution in [-0.4, -0.2) is 44.9 Å². The van der Waals surface area contributed by atoms with Crippen molar-refractivity contribution in [2.45, 2.75) is 52.0 Å². The van der Waals surface area contributed by atoms with Gasteiger partial charge in [0.2, 0.25) is 0 Å². The van der Waals surface area contributed by atoms with Crippen molar-refractivity contribution in [3.63, 3.8) is 0 Å². The number of nitrogens with one attached hydrogen (secondary N) is 1. The Morgan fingerprint density at radius 2 is 1.70 bits per heavy atom. The fourth-order valence-corrected chi connectivity index (χ4v) is 3.13. The predicted molar refractivity (Wildman–Crippen MR) is 86.2 cm³/mol. The highest BCUT2D eigenvalue weighted by atomic mass is 16.4. The van der Waals surface area contributed by atoms with Gasteiger partial charge in [0.1, 0.15) is 0 Å². The van der Waals surface area contributed by atoms with Gasteiger partial charge in [-0.25, -0.2) is 9.59 Å². The lowest BCUT2D eigenvalue weighted by Crippen LogP contribution is -2.45. The number of nitrogens with zero attached hydrogens (tertiary/aromatic N) is 3. The molecule has 7 heteroatoms. The van der Waals surface area contributed by atoms with Gasteiger partial charge in [-0.05, 0) is 26.7 Å². The second-order valence-electron chi connectivity index (χ2n) is 6.18. The Hall–Kier alpha value is -2.05. The lowest BCUT2D eigenvalue weighted by molar-refractivity contribution is -0.139. The largest absolute Gasteiger partial charge is 0.479 e. The van der Waals surface area contributed by atoms with Crippen LogP contribution in [0.1, 0.15) is 55.1 Å². The Kier molecular flexibility index (Phi) is 5.63. The summed E-state index contributed by atoms with van der Waals surface area (Å²) in [6, 6.07) is -1.37. The standard InChI is InChI=1S/C16H26N4O3/c1-11-13(12(2)19(3)18-11)14(15(21)22)17-16(23)20-9-7-5-4-6-8-10-20/h14H,4-10H2,1-3H3,(H,17,23)(H,21,22). The van der Waals surface area contributed by atoms with Crippen molar-refractivity contribution in [2.24, 2.45) is 7.05 Å². The Morgan fingerprint density at radius 1 is 1.13 bits per heavy atom. The molecule has 23 heavy (non-hydrogen) atoms. The molecule has 2 rings (SSSR count). The zero-order valence-corrected chi connectivity index (χ0v) is 14.1. The van der Waals surface area contributed by atoms with Crippen molar-refractivity contribution in [3.8, 4) is 0 Å². The van der Waals surface area contributed by atoms with Gasteiger partial charge >= 0.3 is 12.0 Å². The molecule has 2 N–H and O–H groups in total. The van der Waals surface area contributed by atoms with Gasteiger partial charge in [0.15, 0.2) is 6.04 Å². The van der Waals surface area contributed by atoms with E-state index in [4.69, 9.17) is 0 Å². The van der Waals surface area contributed by atoms with Gasteiger partial charge in [-0.2, -0.15) is 5.10 Å². The molecule has 2 amide bonds. The summed E-state index contributed by atoms with van der Waals surface area (Å²) in [5.74, 6) is -1.07. The van der Waals surface area contributed by atoms with E-state index in [1.807, 2.05) is 6.92 Å². The van der Waals surface area contributed by atoms with E-state index in [1.54, 1.807) is 23.6 Å². The minimum atomic E-state index is -1.07. The molecule has 1 aliphatic rings. The summed E-state index contributed by atoms with van der Waals surface area (Å²) in [5, 5.41) is 16.5. The van der Waals surface area contributed by atoms with E-state index >= 15 is 0 Å². The van der Waals surface area contributed by atoms with Gasteiger partial charge in [0.25, 0.3) is 0 Å². The maximum atomic E-state index is 12.5. The molecule has 0 aromatic carbocycles. The smallest absolute Gasteiger partial charge is 0.331 e. The molecule has 1 atom stereocenters. The number of urea groups is 1. The Morgan fingerprint density at radius 3 is 2.17 bits per heavy atom. The van der Waals surface area contributed by atoms with Crippen molar-refractivity contribution in [1.82, 2.24) is 20.0 Å². The molecule has 0 spiro atoms. The maximum Gasteiger partial charge on any atom is 0.331 e. The lowest BCUT2D eigenvalue weighted by Gasteiger charge is -2.27. The van der Waals surface area contributed by atoms with Crippen LogP contribution in [0.5, 0.6) is 0 Å². The van der Waals surface area contributed by atoms with Crippen LogP contribution in [0.25, 0.3) is 0 Å². The molecule has 1 fully saturated rings. The number of aromatic nitrogens is 2. The maximum absolute atomic E-state index is 12.5. The topological polar surface area (TPSA) is 87.5 Å². The van der Waals surface area contributed by atoms with Gasteiger partial charge < -0.3 is 15.3 Å². The van der Waals surface area contributed by atoms with Gasteiger partial charge in [-0.3, -0.25) is 4.68 Å². The lowest BCUT2D eigenvalue weighted by atomic mass is 10.0. The monoisotopic (exact) mass is 322 g/mol. The number of hydrogen-bond acceptors (Lipinski definition) is 3. The average molecular weight is 322 g/mol. The summed E-state index contributed by atoms with van der Waals surface area (Å²) in [5.41, 5.74) is 1.95. The molecule has 128 valence electrons. The average Bonchev–Trinajstić information content (AvgIpc) is 2.69. The molecule has 0 saturated carbocycles.